The Morgan fingerprint density at radius 3 is 2.71 bits per heavy atom. The van der Waals surface area contributed by atoms with Crippen LogP contribution in [-0.4, -0.2) is 20.1 Å². The SMILES string of the molecule is CC(C)(CCc1ccccc1)Nc1ccn2nccc2n1. The molecule has 0 spiro atoms. The predicted octanol–water partition coefficient (Wildman–Crippen LogP) is 3.55. The molecule has 0 aliphatic carbocycles. The van der Waals surface area contributed by atoms with Crippen molar-refractivity contribution < 1.29 is 0 Å². The number of benzene rings is 1. The minimum Gasteiger partial charge on any atom is -0.365 e. The molecule has 108 valence electrons. The van der Waals surface area contributed by atoms with E-state index < -0.39 is 0 Å². The standard InChI is InChI=1S/C17H20N4/c1-17(2,11-8-14-6-4-3-5-7-14)20-15-10-13-21-16(19-15)9-12-18-21/h3-7,9-10,12-13H,8,11H2,1-2H3,(H,19,20). The molecular formula is C17H20N4. The zero-order chi connectivity index (χ0) is 14.7. The fourth-order valence-electron chi connectivity index (χ4n) is 2.39. The van der Waals surface area contributed by atoms with Crippen LogP contribution in [0.15, 0.2) is 54.9 Å². The van der Waals surface area contributed by atoms with E-state index in [0.717, 1.165) is 24.3 Å². The van der Waals surface area contributed by atoms with Gasteiger partial charge in [-0.2, -0.15) is 5.10 Å². The van der Waals surface area contributed by atoms with E-state index >= 15 is 0 Å². The molecule has 0 fully saturated rings. The van der Waals surface area contributed by atoms with Crippen LogP contribution in [-0.2, 0) is 6.42 Å². The Labute approximate surface area is 124 Å². The lowest BCUT2D eigenvalue weighted by Crippen LogP contribution is -2.32. The van der Waals surface area contributed by atoms with Gasteiger partial charge in [-0.05, 0) is 38.3 Å². The van der Waals surface area contributed by atoms with Gasteiger partial charge in [-0.15, -0.1) is 0 Å². The number of hydrogen-bond donors (Lipinski definition) is 1. The molecule has 0 unspecified atom stereocenters. The van der Waals surface area contributed by atoms with Gasteiger partial charge in [-0.25, -0.2) is 9.50 Å². The largest absolute Gasteiger partial charge is 0.365 e. The van der Waals surface area contributed by atoms with E-state index in [-0.39, 0.29) is 5.54 Å². The molecule has 1 aromatic carbocycles. The average molecular weight is 280 g/mol. The molecule has 2 heterocycles. The highest BCUT2D eigenvalue weighted by Crippen LogP contribution is 2.19. The van der Waals surface area contributed by atoms with Crippen LogP contribution in [0, 0.1) is 0 Å². The molecule has 0 saturated carbocycles. The molecule has 0 saturated heterocycles. The molecular weight excluding hydrogens is 260 g/mol. The Bertz CT molecular complexity index is 716. The molecule has 3 aromatic rings. The fraction of sp³-hybridized carbons (Fsp3) is 0.294. The molecule has 3 rings (SSSR count). The summed E-state index contributed by atoms with van der Waals surface area (Å²) < 4.78 is 1.77. The van der Waals surface area contributed by atoms with Gasteiger partial charge in [-0.3, -0.25) is 0 Å². The van der Waals surface area contributed by atoms with Gasteiger partial charge < -0.3 is 5.32 Å². The molecule has 1 N–H and O–H groups in total. The van der Waals surface area contributed by atoms with E-state index in [4.69, 9.17) is 0 Å². The zero-order valence-electron chi connectivity index (χ0n) is 12.5. The molecule has 0 atom stereocenters. The Morgan fingerprint density at radius 1 is 1.10 bits per heavy atom. The van der Waals surface area contributed by atoms with Gasteiger partial charge in [0.05, 0.1) is 6.20 Å². The minimum atomic E-state index is -0.0127. The second-order valence-corrected chi connectivity index (χ2v) is 5.94. The summed E-state index contributed by atoms with van der Waals surface area (Å²) in [5, 5.41) is 7.68. The summed E-state index contributed by atoms with van der Waals surface area (Å²) in [4.78, 5) is 4.56. The van der Waals surface area contributed by atoms with E-state index in [0.29, 0.717) is 0 Å². The number of hydrogen-bond acceptors (Lipinski definition) is 3. The number of aromatic nitrogens is 3. The van der Waals surface area contributed by atoms with Crippen LogP contribution in [0.5, 0.6) is 0 Å². The first-order valence-corrected chi connectivity index (χ1v) is 7.25. The van der Waals surface area contributed by atoms with Crippen LogP contribution in [0.1, 0.15) is 25.8 Å². The van der Waals surface area contributed by atoms with Gasteiger partial charge in [-0.1, -0.05) is 30.3 Å². The van der Waals surface area contributed by atoms with Crippen LogP contribution >= 0.6 is 0 Å². The highest BCUT2D eigenvalue weighted by Gasteiger charge is 2.18. The first-order chi connectivity index (χ1) is 10.1. The van der Waals surface area contributed by atoms with Crippen molar-refractivity contribution in [1.29, 1.82) is 0 Å². The molecule has 0 aliphatic rings. The van der Waals surface area contributed by atoms with Crippen LogP contribution < -0.4 is 5.32 Å². The number of nitrogens with one attached hydrogen (secondary N) is 1. The zero-order valence-corrected chi connectivity index (χ0v) is 12.5. The fourth-order valence-corrected chi connectivity index (χ4v) is 2.39. The van der Waals surface area contributed by atoms with E-state index in [2.05, 4.69) is 59.6 Å². The van der Waals surface area contributed by atoms with Crippen molar-refractivity contribution in [2.75, 3.05) is 5.32 Å². The third-order valence-corrected chi connectivity index (χ3v) is 3.61. The molecule has 4 heteroatoms. The summed E-state index contributed by atoms with van der Waals surface area (Å²) in [5.41, 5.74) is 2.21. The van der Waals surface area contributed by atoms with Gasteiger partial charge in [0.1, 0.15) is 5.82 Å². The Morgan fingerprint density at radius 2 is 1.90 bits per heavy atom. The smallest absolute Gasteiger partial charge is 0.157 e. The Kier molecular flexibility index (Phi) is 3.60. The van der Waals surface area contributed by atoms with E-state index in [1.807, 2.05) is 18.3 Å². The van der Waals surface area contributed by atoms with Crippen molar-refractivity contribution in [2.24, 2.45) is 0 Å². The van der Waals surface area contributed by atoms with E-state index in [9.17, 15) is 0 Å². The van der Waals surface area contributed by atoms with Crippen molar-refractivity contribution in [1.82, 2.24) is 14.6 Å². The van der Waals surface area contributed by atoms with E-state index in [1.165, 1.54) is 5.56 Å². The monoisotopic (exact) mass is 280 g/mol. The second-order valence-electron chi connectivity index (χ2n) is 5.94. The summed E-state index contributed by atoms with van der Waals surface area (Å²) >= 11 is 0. The molecule has 21 heavy (non-hydrogen) atoms. The quantitative estimate of drug-likeness (QED) is 0.777. The highest BCUT2D eigenvalue weighted by molar-refractivity contribution is 5.46. The molecule has 4 nitrogen and oxygen atoms in total. The topological polar surface area (TPSA) is 42.2 Å². The van der Waals surface area contributed by atoms with Gasteiger partial charge in [0.15, 0.2) is 5.65 Å². The molecule has 2 aromatic heterocycles. The van der Waals surface area contributed by atoms with Crippen molar-refractivity contribution in [3.63, 3.8) is 0 Å². The number of nitrogens with zero attached hydrogens (tertiary/aromatic N) is 3. The summed E-state index contributed by atoms with van der Waals surface area (Å²) in [6.45, 7) is 4.41. The van der Waals surface area contributed by atoms with Crippen molar-refractivity contribution in [2.45, 2.75) is 32.2 Å². The summed E-state index contributed by atoms with van der Waals surface area (Å²) in [6, 6.07) is 14.4. The maximum atomic E-state index is 4.56. The van der Waals surface area contributed by atoms with Crippen molar-refractivity contribution in [3.8, 4) is 0 Å². The molecule has 0 radical (unpaired) electrons. The summed E-state index contributed by atoms with van der Waals surface area (Å²) in [6.07, 6.45) is 5.78. The Balaban J connectivity index is 1.67. The summed E-state index contributed by atoms with van der Waals surface area (Å²) in [5.74, 6) is 0.890. The minimum absolute atomic E-state index is 0.0127. The van der Waals surface area contributed by atoms with Gasteiger partial charge >= 0.3 is 0 Å². The third-order valence-electron chi connectivity index (χ3n) is 3.61. The first kappa shape index (κ1) is 13.6. The van der Waals surface area contributed by atoms with Crippen LogP contribution in [0.25, 0.3) is 5.65 Å². The highest BCUT2D eigenvalue weighted by atomic mass is 15.2. The van der Waals surface area contributed by atoms with Gasteiger partial charge in [0.25, 0.3) is 0 Å². The van der Waals surface area contributed by atoms with Crippen molar-refractivity contribution in [3.05, 3.63) is 60.4 Å². The average Bonchev–Trinajstić information content (AvgIpc) is 2.93. The lowest BCUT2D eigenvalue weighted by Gasteiger charge is -2.27. The summed E-state index contributed by atoms with van der Waals surface area (Å²) in [7, 11) is 0. The lowest BCUT2D eigenvalue weighted by atomic mass is 9.95. The number of fused-ring (bicyclic) bond motifs is 1. The number of aryl methyl sites for hydroxylation is 1. The maximum absolute atomic E-state index is 4.56. The number of anilines is 1. The van der Waals surface area contributed by atoms with Crippen LogP contribution in [0.3, 0.4) is 0 Å². The predicted molar refractivity (Wildman–Crippen MR) is 85.5 cm³/mol. The molecule has 0 bridgehead atoms. The number of rotatable bonds is 5. The van der Waals surface area contributed by atoms with Gasteiger partial charge in [0.2, 0.25) is 0 Å². The molecule has 0 amide bonds. The third kappa shape index (κ3) is 3.40. The lowest BCUT2D eigenvalue weighted by molar-refractivity contribution is 0.516. The molecule has 0 aliphatic heterocycles. The van der Waals surface area contributed by atoms with Crippen molar-refractivity contribution >= 4 is 11.5 Å². The Hall–Kier alpha value is -2.36. The normalized spacial score (nSPS) is 11.7. The van der Waals surface area contributed by atoms with Gasteiger partial charge in [0, 0.05) is 17.8 Å². The maximum Gasteiger partial charge on any atom is 0.157 e. The first-order valence-electron chi connectivity index (χ1n) is 7.25. The van der Waals surface area contributed by atoms with Crippen LogP contribution in [0.2, 0.25) is 0 Å². The van der Waals surface area contributed by atoms with Crippen LogP contribution in [0.4, 0.5) is 5.82 Å². The second kappa shape index (κ2) is 5.56. The van der Waals surface area contributed by atoms with E-state index in [1.54, 1.807) is 10.7 Å².